The lowest BCUT2D eigenvalue weighted by molar-refractivity contribution is 0.0904. The van der Waals surface area contributed by atoms with Crippen molar-refractivity contribution in [3.63, 3.8) is 0 Å². The van der Waals surface area contributed by atoms with Crippen molar-refractivity contribution in [3.8, 4) is 22.4 Å². The zero-order chi connectivity index (χ0) is 21.2. The summed E-state index contributed by atoms with van der Waals surface area (Å²) in [5.74, 6) is 0.940. The lowest BCUT2D eigenvalue weighted by atomic mass is 10.0. The van der Waals surface area contributed by atoms with Gasteiger partial charge >= 0.3 is 0 Å². The molecule has 1 fully saturated rings. The monoisotopic (exact) mass is 429 g/mol. The standard InChI is InChI=1S/C26H24ClN3O/c1-17-14-26(29-22-10-12-31-13-11-22)30-25-9-4-19(15-23(17)25)24-8-5-20(16-28-24)18-2-6-21(27)7-3-18/h2-9,14-16,22H,10-13H2,1H3,(H,29,30). The van der Waals surface area contributed by atoms with Gasteiger partial charge in [0.15, 0.2) is 0 Å². The van der Waals surface area contributed by atoms with Crippen molar-refractivity contribution in [1.82, 2.24) is 9.97 Å². The average Bonchev–Trinajstić information content (AvgIpc) is 2.80. The summed E-state index contributed by atoms with van der Waals surface area (Å²) in [5.41, 5.74) is 6.42. The van der Waals surface area contributed by atoms with E-state index < -0.39 is 0 Å². The molecule has 0 spiro atoms. The summed E-state index contributed by atoms with van der Waals surface area (Å²) in [4.78, 5) is 9.54. The minimum Gasteiger partial charge on any atom is -0.381 e. The predicted octanol–water partition coefficient (Wildman–Crippen LogP) is 6.52. The highest BCUT2D eigenvalue weighted by atomic mass is 35.5. The van der Waals surface area contributed by atoms with Crippen LogP contribution in [0, 0.1) is 6.92 Å². The number of anilines is 1. The molecule has 31 heavy (non-hydrogen) atoms. The molecular formula is C26H24ClN3O. The highest BCUT2D eigenvalue weighted by Crippen LogP contribution is 2.28. The van der Waals surface area contributed by atoms with E-state index in [2.05, 4.69) is 48.6 Å². The molecule has 4 aromatic rings. The molecule has 5 rings (SSSR count). The number of fused-ring (bicyclic) bond motifs is 1. The Hall–Kier alpha value is -2.95. The van der Waals surface area contributed by atoms with Gasteiger partial charge in [0.2, 0.25) is 0 Å². The van der Waals surface area contributed by atoms with Gasteiger partial charge in [-0.05, 0) is 67.3 Å². The lowest BCUT2D eigenvalue weighted by Crippen LogP contribution is -2.28. The molecule has 2 aromatic heterocycles. The molecule has 0 saturated carbocycles. The SMILES string of the molecule is Cc1cc(NC2CCOCC2)nc2ccc(-c3ccc(-c4ccc(Cl)cc4)cn3)cc12. The highest BCUT2D eigenvalue weighted by Gasteiger charge is 2.15. The van der Waals surface area contributed by atoms with Gasteiger partial charge in [0.05, 0.1) is 11.2 Å². The number of ether oxygens (including phenoxy) is 1. The second-order valence-corrected chi connectivity index (χ2v) is 8.46. The van der Waals surface area contributed by atoms with Gasteiger partial charge in [0.1, 0.15) is 5.82 Å². The van der Waals surface area contributed by atoms with E-state index in [0.29, 0.717) is 6.04 Å². The molecular weight excluding hydrogens is 406 g/mol. The zero-order valence-corrected chi connectivity index (χ0v) is 18.2. The average molecular weight is 430 g/mol. The van der Waals surface area contributed by atoms with Crippen LogP contribution < -0.4 is 5.32 Å². The summed E-state index contributed by atoms with van der Waals surface area (Å²) < 4.78 is 5.45. The van der Waals surface area contributed by atoms with Crippen molar-refractivity contribution in [3.05, 3.63) is 77.4 Å². The number of rotatable bonds is 4. The maximum absolute atomic E-state index is 5.99. The number of nitrogens with zero attached hydrogens (tertiary/aromatic N) is 2. The number of nitrogens with one attached hydrogen (secondary N) is 1. The Morgan fingerprint density at radius 1 is 0.903 bits per heavy atom. The Bertz CT molecular complexity index is 1200. The Kier molecular flexibility index (Phi) is 5.58. The van der Waals surface area contributed by atoms with E-state index in [4.69, 9.17) is 26.3 Å². The summed E-state index contributed by atoms with van der Waals surface area (Å²) in [6.07, 6.45) is 3.96. The van der Waals surface area contributed by atoms with Crippen LogP contribution in [0.3, 0.4) is 0 Å². The molecule has 5 heteroatoms. The van der Waals surface area contributed by atoms with Crippen LogP contribution in [0.5, 0.6) is 0 Å². The minimum absolute atomic E-state index is 0.431. The minimum atomic E-state index is 0.431. The number of benzene rings is 2. The Balaban J connectivity index is 1.40. The van der Waals surface area contributed by atoms with Crippen molar-refractivity contribution in [2.24, 2.45) is 0 Å². The molecule has 3 heterocycles. The molecule has 0 unspecified atom stereocenters. The van der Waals surface area contributed by atoms with Crippen molar-refractivity contribution >= 4 is 28.3 Å². The first-order valence-electron chi connectivity index (χ1n) is 10.6. The van der Waals surface area contributed by atoms with Gasteiger partial charge in [-0.1, -0.05) is 35.9 Å². The second kappa shape index (κ2) is 8.66. The van der Waals surface area contributed by atoms with Gasteiger partial charge in [0, 0.05) is 47.0 Å². The highest BCUT2D eigenvalue weighted by molar-refractivity contribution is 6.30. The van der Waals surface area contributed by atoms with Crippen LogP contribution in [-0.2, 0) is 4.74 Å². The molecule has 0 radical (unpaired) electrons. The van der Waals surface area contributed by atoms with Gasteiger partial charge in [-0.2, -0.15) is 0 Å². The Morgan fingerprint density at radius 3 is 2.39 bits per heavy atom. The van der Waals surface area contributed by atoms with E-state index in [9.17, 15) is 0 Å². The van der Waals surface area contributed by atoms with Gasteiger partial charge in [-0.3, -0.25) is 4.98 Å². The first kappa shape index (κ1) is 20.0. The molecule has 1 saturated heterocycles. The Labute approximate surface area is 187 Å². The number of hydrogen-bond donors (Lipinski definition) is 1. The quantitative estimate of drug-likeness (QED) is 0.401. The van der Waals surface area contributed by atoms with Crippen molar-refractivity contribution in [2.75, 3.05) is 18.5 Å². The van der Waals surface area contributed by atoms with Crippen LogP contribution in [0.4, 0.5) is 5.82 Å². The van der Waals surface area contributed by atoms with Crippen LogP contribution in [-0.4, -0.2) is 29.2 Å². The summed E-state index contributed by atoms with van der Waals surface area (Å²) >= 11 is 5.99. The van der Waals surface area contributed by atoms with Gasteiger partial charge < -0.3 is 10.1 Å². The normalized spacial score (nSPS) is 14.6. The van der Waals surface area contributed by atoms with Gasteiger partial charge in [-0.15, -0.1) is 0 Å². The van der Waals surface area contributed by atoms with Gasteiger partial charge in [0.25, 0.3) is 0 Å². The molecule has 0 amide bonds. The van der Waals surface area contributed by atoms with Crippen LogP contribution in [0.25, 0.3) is 33.3 Å². The first-order valence-corrected chi connectivity index (χ1v) is 11.0. The smallest absolute Gasteiger partial charge is 0.127 e. The Morgan fingerprint density at radius 2 is 1.65 bits per heavy atom. The summed E-state index contributed by atoms with van der Waals surface area (Å²) in [6, 6.07) is 20.9. The van der Waals surface area contributed by atoms with Crippen LogP contribution in [0.1, 0.15) is 18.4 Å². The van der Waals surface area contributed by atoms with E-state index in [0.717, 1.165) is 70.2 Å². The summed E-state index contributed by atoms with van der Waals surface area (Å²) in [5, 5.41) is 5.46. The molecule has 0 bridgehead atoms. The zero-order valence-electron chi connectivity index (χ0n) is 17.4. The van der Waals surface area contributed by atoms with E-state index in [-0.39, 0.29) is 0 Å². The summed E-state index contributed by atoms with van der Waals surface area (Å²) in [6.45, 7) is 3.77. The number of hydrogen-bond acceptors (Lipinski definition) is 4. The van der Waals surface area contributed by atoms with Crippen molar-refractivity contribution in [2.45, 2.75) is 25.8 Å². The first-order chi connectivity index (χ1) is 15.2. The third-order valence-corrected chi connectivity index (χ3v) is 6.08. The summed E-state index contributed by atoms with van der Waals surface area (Å²) in [7, 11) is 0. The second-order valence-electron chi connectivity index (χ2n) is 8.03. The number of aromatic nitrogens is 2. The molecule has 2 aromatic carbocycles. The third-order valence-electron chi connectivity index (χ3n) is 5.83. The molecule has 1 N–H and O–H groups in total. The van der Waals surface area contributed by atoms with Crippen LogP contribution >= 0.6 is 11.6 Å². The molecule has 156 valence electrons. The third kappa shape index (κ3) is 4.41. The van der Waals surface area contributed by atoms with E-state index >= 15 is 0 Å². The molecule has 1 aliphatic rings. The van der Waals surface area contributed by atoms with Crippen LogP contribution in [0.2, 0.25) is 5.02 Å². The maximum atomic E-state index is 5.99. The largest absolute Gasteiger partial charge is 0.381 e. The molecule has 0 atom stereocenters. The maximum Gasteiger partial charge on any atom is 0.127 e. The fourth-order valence-corrected chi connectivity index (χ4v) is 4.18. The van der Waals surface area contributed by atoms with Crippen LogP contribution in [0.15, 0.2) is 66.9 Å². The molecule has 0 aliphatic carbocycles. The lowest BCUT2D eigenvalue weighted by Gasteiger charge is -2.24. The number of pyridine rings is 2. The molecule has 1 aliphatic heterocycles. The topological polar surface area (TPSA) is 47.0 Å². The van der Waals surface area contributed by atoms with E-state index in [1.165, 1.54) is 5.56 Å². The fraction of sp³-hybridized carbons (Fsp3) is 0.231. The number of halogens is 1. The van der Waals surface area contributed by atoms with Gasteiger partial charge in [-0.25, -0.2) is 4.98 Å². The molecule has 4 nitrogen and oxygen atoms in total. The van der Waals surface area contributed by atoms with E-state index in [1.807, 2.05) is 30.5 Å². The number of aryl methyl sites for hydroxylation is 1. The predicted molar refractivity (Wildman–Crippen MR) is 128 cm³/mol. The van der Waals surface area contributed by atoms with Crippen molar-refractivity contribution < 1.29 is 4.74 Å². The van der Waals surface area contributed by atoms with Crippen molar-refractivity contribution in [1.29, 1.82) is 0 Å². The fourth-order valence-electron chi connectivity index (χ4n) is 4.06. The van der Waals surface area contributed by atoms with E-state index in [1.54, 1.807) is 0 Å².